The Bertz CT molecular complexity index is 657. The van der Waals surface area contributed by atoms with Gasteiger partial charge in [-0.15, -0.1) is 11.6 Å². The average Bonchev–Trinajstić information content (AvgIpc) is 2.61. The van der Waals surface area contributed by atoms with Gasteiger partial charge in [0.25, 0.3) is 0 Å². The molecule has 0 saturated carbocycles. The highest BCUT2D eigenvalue weighted by Crippen LogP contribution is 2.13. The van der Waals surface area contributed by atoms with Crippen LogP contribution < -0.4 is 11.0 Å². The number of carbonyl (C=O) groups is 1. The molecule has 0 aliphatic heterocycles. The second-order valence-electron chi connectivity index (χ2n) is 4.13. The van der Waals surface area contributed by atoms with Crippen LogP contribution in [0, 0.1) is 0 Å². The minimum Gasteiger partial charge on any atom is -0.351 e. The van der Waals surface area contributed by atoms with Crippen LogP contribution in [-0.2, 0) is 25.4 Å². The summed E-state index contributed by atoms with van der Waals surface area (Å²) >= 11 is 5.40. The summed E-state index contributed by atoms with van der Waals surface area (Å²) in [5.41, 5.74) is 2.59. The Morgan fingerprint density at radius 1 is 1.28 bits per heavy atom. The lowest BCUT2D eigenvalue weighted by Gasteiger charge is -2.04. The molecule has 2 aromatic rings. The first-order chi connectivity index (χ1) is 8.54. The number of benzene rings is 1. The predicted molar refractivity (Wildman–Crippen MR) is 70.7 cm³/mol. The number of fused-ring (bicyclic) bond motifs is 1. The van der Waals surface area contributed by atoms with E-state index in [2.05, 4.69) is 5.32 Å². The molecule has 0 aliphatic rings. The number of nitrogens with one attached hydrogen (secondary N) is 1. The number of hydrogen-bond donors (Lipinski definition) is 1. The smallest absolute Gasteiger partial charge is 0.328 e. The maximum Gasteiger partial charge on any atom is 0.328 e. The van der Waals surface area contributed by atoms with Gasteiger partial charge in [0.15, 0.2) is 0 Å². The molecule has 0 unspecified atom stereocenters. The topological polar surface area (TPSA) is 56.0 Å². The van der Waals surface area contributed by atoms with Gasteiger partial charge in [0.05, 0.1) is 11.0 Å². The van der Waals surface area contributed by atoms with Crippen LogP contribution in [0.4, 0.5) is 0 Å². The molecule has 0 radical (unpaired) electrons. The third kappa shape index (κ3) is 2.13. The van der Waals surface area contributed by atoms with Gasteiger partial charge < -0.3 is 5.32 Å². The Labute approximate surface area is 109 Å². The Morgan fingerprint density at radius 3 is 2.61 bits per heavy atom. The summed E-state index contributed by atoms with van der Waals surface area (Å²) in [7, 11) is 3.46. The summed E-state index contributed by atoms with van der Waals surface area (Å²) in [6.07, 6.45) is 0. The van der Waals surface area contributed by atoms with Crippen molar-refractivity contribution in [3.05, 3.63) is 34.2 Å². The van der Waals surface area contributed by atoms with Gasteiger partial charge in [0.1, 0.15) is 5.88 Å². The van der Waals surface area contributed by atoms with E-state index in [-0.39, 0.29) is 17.5 Å². The Kier molecular flexibility index (Phi) is 3.43. The minimum absolute atomic E-state index is 0.0495. The molecule has 0 bridgehead atoms. The molecule has 1 aromatic heterocycles. The number of halogens is 1. The fraction of sp³-hybridized carbons (Fsp3) is 0.333. The highest BCUT2D eigenvalue weighted by molar-refractivity contribution is 6.27. The predicted octanol–water partition coefficient (Wildman–Crippen LogP) is 0.732. The monoisotopic (exact) mass is 267 g/mol. The van der Waals surface area contributed by atoms with E-state index in [4.69, 9.17) is 11.6 Å². The molecule has 2 rings (SSSR count). The first-order valence-corrected chi connectivity index (χ1v) is 6.05. The number of imidazole rings is 1. The summed E-state index contributed by atoms with van der Waals surface area (Å²) in [5, 5.41) is 2.69. The second kappa shape index (κ2) is 4.86. The molecule has 6 heteroatoms. The van der Waals surface area contributed by atoms with E-state index in [0.717, 1.165) is 16.6 Å². The van der Waals surface area contributed by atoms with Crippen LogP contribution >= 0.6 is 11.6 Å². The Hall–Kier alpha value is -1.75. The zero-order chi connectivity index (χ0) is 13.3. The van der Waals surface area contributed by atoms with Crippen molar-refractivity contribution in [1.29, 1.82) is 0 Å². The molecular weight excluding hydrogens is 254 g/mol. The van der Waals surface area contributed by atoms with Crippen molar-refractivity contribution in [3.8, 4) is 0 Å². The van der Waals surface area contributed by atoms with E-state index in [9.17, 15) is 9.59 Å². The number of nitrogens with zero attached hydrogens (tertiary/aromatic N) is 2. The van der Waals surface area contributed by atoms with Crippen LogP contribution in [0.15, 0.2) is 23.0 Å². The highest BCUT2D eigenvalue weighted by atomic mass is 35.5. The number of aryl methyl sites for hydroxylation is 2. The van der Waals surface area contributed by atoms with Crippen LogP contribution in [0.2, 0.25) is 0 Å². The van der Waals surface area contributed by atoms with Crippen molar-refractivity contribution < 1.29 is 4.79 Å². The molecule has 0 atom stereocenters. The number of aromatic nitrogens is 2. The van der Waals surface area contributed by atoms with Crippen LogP contribution in [0.1, 0.15) is 5.56 Å². The summed E-state index contributed by atoms with van der Waals surface area (Å²) < 4.78 is 3.18. The zero-order valence-corrected chi connectivity index (χ0v) is 11.0. The maximum absolute atomic E-state index is 11.8. The van der Waals surface area contributed by atoms with Crippen LogP contribution in [0.25, 0.3) is 11.0 Å². The SMILES string of the molecule is Cn1c(=O)n(C)c2cc(CNC(=O)CCl)ccc21. The van der Waals surface area contributed by atoms with Crippen LogP contribution in [0.3, 0.4) is 0 Å². The van der Waals surface area contributed by atoms with Crippen molar-refractivity contribution in [3.63, 3.8) is 0 Å². The number of rotatable bonds is 3. The van der Waals surface area contributed by atoms with Gasteiger partial charge in [-0.1, -0.05) is 6.07 Å². The lowest BCUT2D eigenvalue weighted by molar-refractivity contribution is -0.118. The molecule has 1 amide bonds. The maximum atomic E-state index is 11.8. The summed E-state index contributed by atoms with van der Waals surface area (Å²) in [4.78, 5) is 22.8. The molecule has 96 valence electrons. The normalized spacial score (nSPS) is 10.8. The van der Waals surface area contributed by atoms with Gasteiger partial charge in [-0.2, -0.15) is 0 Å². The summed E-state index contributed by atoms with van der Waals surface area (Å²) in [5.74, 6) is -0.259. The minimum atomic E-state index is -0.210. The summed E-state index contributed by atoms with van der Waals surface area (Å²) in [6.45, 7) is 0.407. The number of carbonyl (C=O) groups excluding carboxylic acids is 1. The molecule has 1 N–H and O–H groups in total. The van der Waals surface area contributed by atoms with E-state index < -0.39 is 0 Å². The van der Waals surface area contributed by atoms with Gasteiger partial charge in [-0.05, 0) is 17.7 Å². The largest absolute Gasteiger partial charge is 0.351 e. The van der Waals surface area contributed by atoms with Gasteiger partial charge in [-0.25, -0.2) is 4.79 Å². The molecule has 0 saturated heterocycles. The highest BCUT2D eigenvalue weighted by Gasteiger charge is 2.08. The molecular formula is C12H14ClN3O2. The lowest BCUT2D eigenvalue weighted by Crippen LogP contribution is -2.23. The standard InChI is InChI=1S/C12H14ClN3O2/c1-15-9-4-3-8(7-14-11(17)6-13)5-10(9)16(2)12(15)18/h3-5H,6-7H2,1-2H3,(H,14,17). The van der Waals surface area contributed by atoms with Gasteiger partial charge in [0.2, 0.25) is 5.91 Å². The fourth-order valence-electron chi connectivity index (χ4n) is 1.91. The molecule has 0 fully saturated rings. The van der Waals surface area contributed by atoms with Crippen molar-refractivity contribution in [1.82, 2.24) is 14.5 Å². The van der Waals surface area contributed by atoms with E-state index in [0.29, 0.717) is 6.54 Å². The Balaban J connectivity index is 2.36. The fourth-order valence-corrected chi connectivity index (χ4v) is 2.00. The van der Waals surface area contributed by atoms with Gasteiger partial charge in [-0.3, -0.25) is 13.9 Å². The number of alkyl halides is 1. The quantitative estimate of drug-likeness (QED) is 0.834. The molecule has 18 heavy (non-hydrogen) atoms. The third-order valence-electron chi connectivity index (χ3n) is 2.95. The van der Waals surface area contributed by atoms with Crippen LogP contribution in [0.5, 0.6) is 0 Å². The van der Waals surface area contributed by atoms with Gasteiger partial charge >= 0.3 is 5.69 Å². The molecule has 1 heterocycles. The first kappa shape index (κ1) is 12.7. The zero-order valence-electron chi connectivity index (χ0n) is 10.2. The molecule has 0 aliphatic carbocycles. The molecule has 5 nitrogen and oxygen atoms in total. The van der Waals surface area contributed by atoms with E-state index in [1.807, 2.05) is 18.2 Å². The second-order valence-corrected chi connectivity index (χ2v) is 4.40. The lowest BCUT2D eigenvalue weighted by atomic mass is 10.2. The average molecular weight is 268 g/mol. The number of amides is 1. The van der Waals surface area contributed by atoms with Crippen molar-refractivity contribution in [2.45, 2.75) is 6.54 Å². The van der Waals surface area contributed by atoms with E-state index in [1.54, 1.807) is 23.2 Å². The van der Waals surface area contributed by atoms with Gasteiger partial charge in [0, 0.05) is 20.6 Å². The third-order valence-corrected chi connectivity index (χ3v) is 3.19. The van der Waals surface area contributed by atoms with Crippen molar-refractivity contribution in [2.75, 3.05) is 5.88 Å². The summed E-state index contributed by atoms with van der Waals surface area (Å²) in [6, 6.07) is 5.65. The van der Waals surface area contributed by atoms with Crippen molar-refractivity contribution in [2.24, 2.45) is 14.1 Å². The van der Waals surface area contributed by atoms with E-state index in [1.165, 1.54) is 0 Å². The molecule has 0 spiro atoms. The molecule has 1 aromatic carbocycles. The number of hydrogen-bond acceptors (Lipinski definition) is 2. The van der Waals surface area contributed by atoms with Crippen LogP contribution in [-0.4, -0.2) is 20.9 Å². The first-order valence-electron chi connectivity index (χ1n) is 5.51. The van der Waals surface area contributed by atoms with Crippen molar-refractivity contribution >= 4 is 28.5 Å². The Morgan fingerprint density at radius 2 is 1.94 bits per heavy atom. The van der Waals surface area contributed by atoms with E-state index >= 15 is 0 Å².